The lowest BCUT2D eigenvalue weighted by atomic mass is 9.94. The zero-order chi connectivity index (χ0) is 18.4. The number of rotatable bonds is 8. The van der Waals surface area contributed by atoms with Gasteiger partial charge in [-0.1, -0.05) is 30.3 Å². The van der Waals surface area contributed by atoms with Crippen LogP contribution in [0.3, 0.4) is 0 Å². The van der Waals surface area contributed by atoms with E-state index in [9.17, 15) is 14.7 Å². The van der Waals surface area contributed by atoms with Crippen LogP contribution in [0.5, 0.6) is 0 Å². The lowest BCUT2D eigenvalue weighted by molar-refractivity contribution is -0.126. The van der Waals surface area contributed by atoms with Gasteiger partial charge in [0, 0.05) is 13.1 Å². The average molecular weight is 348 g/mol. The Hall–Kier alpha value is -1.96. The molecular formula is C18H28N4O3. The summed E-state index contributed by atoms with van der Waals surface area (Å²) in [5.74, 6) is 0.208. The third-order valence-corrected chi connectivity index (χ3v) is 4.57. The van der Waals surface area contributed by atoms with E-state index in [1.165, 1.54) is 0 Å². The Morgan fingerprint density at radius 1 is 1.36 bits per heavy atom. The molecule has 7 heteroatoms. The van der Waals surface area contributed by atoms with Crippen molar-refractivity contribution in [3.8, 4) is 0 Å². The van der Waals surface area contributed by atoms with Gasteiger partial charge in [-0.15, -0.1) is 0 Å². The fourth-order valence-corrected chi connectivity index (χ4v) is 3.58. The first kappa shape index (κ1) is 19.4. The van der Waals surface area contributed by atoms with Gasteiger partial charge in [-0.3, -0.25) is 9.69 Å². The van der Waals surface area contributed by atoms with E-state index in [0.717, 1.165) is 12.1 Å². The molecule has 0 aliphatic carbocycles. The highest BCUT2D eigenvalue weighted by atomic mass is 16.3. The minimum atomic E-state index is -0.715. The van der Waals surface area contributed by atoms with Crippen LogP contribution in [0.25, 0.3) is 0 Å². The fourth-order valence-electron chi connectivity index (χ4n) is 3.58. The highest BCUT2D eigenvalue weighted by molar-refractivity contribution is 5.92. The summed E-state index contributed by atoms with van der Waals surface area (Å²) >= 11 is 0. The molecule has 7 nitrogen and oxygen atoms in total. The topological polar surface area (TPSA) is 98.9 Å². The monoisotopic (exact) mass is 348 g/mol. The van der Waals surface area contributed by atoms with E-state index < -0.39 is 18.1 Å². The van der Waals surface area contributed by atoms with Gasteiger partial charge in [0.15, 0.2) is 5.78 Å². The number of carbonyl (C=O) groups is 2. The van der Waals surface area contributed by atoms with Crippen LogP contribution in [0, 0.1) is 5.92 Å². The van der Waals surface area contributed by atoms with Gasteiger partial charge >= 0.3 is 6.03 Å². The summed E-state index contributed by atoms with van der Waals surface area (Å²) in [4.78, 5) is 28.3. The zero-order valence-corrected chi connectivity index (χ0v) is 14.9. The summed E-state index contributed by atoms with van der Waals surface area (Å²) in [5.41, 5.74) is 6.22. The molecule has 138 valence electrons. The number of aliphatic hydroxyl groups is 1. The molecule has 0 spiro atoms. The maximum atomic E-state index is 13.0. The molecule has 0 saturated carbocycles. The molecule has 1 saturated heterocycles. The Kier molecular flexibility index (Phi) is 6.92. The van der Waals surface area contributed by atoms with Gasteiger partial charge < -0.3 is 21.1 Å². The predicted molar refractivity (Wildman–Crippen MR) is 95.9 cm³/mol. The van der Waals surface area contributed by atoms with Crippen molar-refractivity contribution in [2.75, 3.05) is 33.9 Å². The second kappa shape index (κ2) is 8.94. The van der Waals surface area contributed by atoms with Crippen molar-refractivity contribution in [1.29, 1.82) is 0 Å². The minimum absolute atomic E-state index is 0.0991. The van der Waals surface area contributed by atoms with Crippen molar-refractivity contribution < 1.29 is 14.7 Å². The summed E-state index contributed by atoms with van der Waals surface area (Å²) < 4.78 is 0. The highest BCUT2D eigenvalue weighted by Crippen LogP contribution is 2.25. The lowest BCUT2D eigenvalue weighted by Gasteiger charge is -2.25. The molecular weight excluding hydrogens is 320 g/mol. The summed E-state index contributed by atoms with van der Waals surface area (Å²) in [7, 11) is 3.98. The number of carbonyl (C=O) groups excluding carboxylic acids is 2. The van der Waals surface area contributed by atoms with Crippen molar-refractivity contribution in [3.05, 3.63) is 35.9 Å². The Morgan fingerprint density at radius 2 is 2.04 bits per heavy atom. The number of nitrogens with two attached hydrogens (primary N) is 1. The molecule has 0 unspecified atom stereocenters. The van der Waals surface area contributed by atoms with Gasteiger partial charge in [-0.05, 0) is 38.4 Å². The molecule has 0 aromatic heterocycles. The van der Waals surface area contributed by atoms with Gasteiger partial charge in [-0.2, -0.15) is 0 Å². The number of aliphatic hydroxyl groups excluding tert-OH is 1. The lowest BCUT2D eigenvalue weighted by Crippen LogP contribution is -2.51. The van der Waals surface area contributed by atoms with Crippen LogP contribution < -0.4 is 11.1 Å². The van der Waals surface area contributed by atoms with Crippen LogP contribution in [-0.2, 0) is 11.2 Å². The molecule has 2 rings (SSSR count). The Bertz CT molecular complexity index is 579. The van der Waals surface area contributed by atoms with Crippen molar-refractivity contribution in [3.63, 3.8) is 0 Å². The van der Waals surface area contributed by atoms with E-state index in [1.807, 2.05) is 44.4 Å². The zero-order valence-electron chi connectivity index (χ0n) is 14.9. The number of nitrogens with one attached hydrogen (secondary N) is 1. The van der Waals surface area contributed by atoms with E-state index in [-0.39, 0.29) is 12.5 Å². The minimum Gasteiger partial charge on any atom is -0.381 e. The molecule has 0 bridgehead atoms. The normalized spacial score (nSPS) is 22.1. The quantitative estimate of drug-likeness (QED) is 0.616. The fraction of sp³-hybridized carbons (Fsp3) is 0.556. The molecule has 25 heavy (non-hydrogen) atoms. The molecule has 1 aromatic carbocycles. The molecule has 1 fully saturated rings. The van der Waals surface area contributed by atoms with Gasteiger partial charge in [-0.25, -0.2) is 4.79 Å². The number of Topliss-reactive ketones (excluding diaryl/α,β-unsaturated/α-hetero) is 1. The average Bonchev–Trinajstić information content (AvgIpc) is 2.96. The Morgan fingerprint density at radius 3 is 2.60 bits per heavy atom. The smallest absolute Gasteiger partial charge is 0.312 e. The number of likely N-dealkylation sites (tertiary alicyclic amines) is 1. The first-order chi connectivity index (χ1) is 11.9. The Labute approximate surface area is 148 Å². The first-order valence-electron chi connectivity index (χ1n) is 8.54. The summed E-state index contributed by atoms with van der Waals surface area (Å²) in [6, 6.07) is 7.69. The van der Waals surface area contributed by atoms with E-state index >= 15 is 0 Å². The standard InChI is InChI=1S/C18H28N4O3/c1-21(2)10-14-9-16(22(11-14)12-23)17(24)15(20-18(19)25)8-13-6-4-3-5-7-13/h3-7,14-16,23H,8-12H2,1-2H3,(H3,19,20,25)/t14-,15+,16+/m0/s1. The number of hydrogen-bond acceptors (Lipinski definition) is 5. The van der Waals surface area contributed by atoms with Crippen molar-refractivity contribution in [1.82, 2.24) is 15.1 Å². The summed E-state index contributed by atoms with van der Waals surface area (Å²) in [6.07, 6.45) is 1.06. The van der Waals surface area contributed by atoms with E-state index in [1.54, 1.807) is 4.90 Å². The van der Waals surface area contributed by atoms with Gasteiger partial charge in [0.2, 0.25) is 0 Å². The van der Waals surface area contributed by atoms with Crippen LogP contribution >= 0.6 is 0 Å². The second-order valence-corrected chi connectivity index (χ2v) is 6.95. The van der Waals surface area contributed by atoms with E-state index in [2.05, 4.69) is 10.2 Å². The molecule has 2 amide bonds. The first-order valence-corrected chi connectivity index (χ1v) is 8.54. The van der Waals surface area contributed by atoms with Crippen molar-refractivity contribution in [2.45, 2.75) is 24.9 Å². The molecule has 0 radical (unpaired) electrons. The predicted octanol–water partition coefficient (Wildman–Crippen LogP) is 0.0370. The van der Waals surface area contributed by atoms with Gasteiger partial charge in [0.25, 0.3) is 0 Å². The second-order valence-electron chi connectivity index (χ2n) is 6.95. The third kappa shape index (κ3) is 5.52. The highest BCUT2D eigenvalue weighted by Gasteiger charge is 2.39. The maximum absolute atomic E-state index is 13.0. The third-order valence-electron chi connectivity index (χ3n) is 4.57. The number of benzene rings is 1. The van der Waals surface area contributed by atoms with E-state index in [0.29, 0.717) is 25.3 Å². The maximum Gasteiger partial charge on any atom is 0.312 e. The molecule has 3 atom stereocenters. The van der Waals surface area contributed by atoms with Gasteiger partial charge in [0.05, 0.1) is 18.8 Å². The van der Waals surface area contributed by atoms with Crippen LogP contribution in [-0.4, -0.2) is 72.7 Å². The van der Waals surface area contributed by atoms with Crippen molar-refractivity contribution >= 4 is 11.8 Å². The molecule has 1 aliphatic heterocycles. The number of hydrogen-bond donors (Lipinski definition) is 3. The number of primary amides is 1. The molecule has 1 aromatic rings. The van der Waals surface area contributed by atoms with Gasteiger partial charge in [0.1, 0.15) is 0 Å². The molecule has 1 heterocycles. The van der Waals surface area contributed by atoms with E-state index in [4.69, 9.17) is 5.73 Å². The van der Waals surface area contributed by atoms with Crippen LogP contribution in [0.2, 0.25) is 0 Å². The van der Waals surface area contributed by atoms with Crippen LogP contribution in [0.4, 0.5) is 4.79 Å². The SMILES string of the molecule is CN(C)C[C@@H]1C[C@H](C(=O)[C@@H](Cc2ccccc2)NC(N)=O)N(CO)C1. The number of urea groups is 1. The summed E-state index contributed by atoms with van der Waals surface area (Å²) in [5, 5.41) is 12.2. The van der Waals surface area contributed by atoms with Crippen molar-refractivity contribution in [2.24, 2.45) is 11.7 Å². The number of amides is 2. The van der Waals surface area contributed by atoms with Crippen LogP contribution in [0.15, 0.2) is 30.3 Å². The molecule has 4 N–H and O–H groups in total. The van der Waals surface area contributed by atoms with Crippen LogP contribution in [0.1, 0.15) is 12.0 Å². The number of ketones is 1. The molecule has 1 aliphatic rings. The number of nitrogens with zero attached hydrogens (tertiary/aromatic N) is 2. The largest absolute Gasteiger partial charge is 0.381 e. The Balaban J connectivity index is 2.12. The summed E-state index contributed by atoms with van der Waals surface area (Å²) in [6.45, 7) is 1.35.